The van der Waals surface area contributed by atoms with Gasteiger partial charge in [0.15, 0.2) is 5.82 Å². The molecule has 1 aromatic heterocycles. The Labute approximate surface area is 75.0 Å². The third kappa shape index (κ3) is 1.83. The quantitative estimate of drug-likeness (QED) is 0.740. The molecule has 68 valence electrons. The number of rotatable bonds is 2. The van der Waals surface area contributed by atoms with E-state index in [1.165, 1.54) is 12.3 Å². The molecule has 0 unspecified atom stereocenters. The first-order valence-electron chi connectivity index (χ1n) is 4.18. The van der Waals surface area contributed by atoms with Crippen molar-refractivity contribution in [2.75, 3.05) is 0 Å². The van der Waals surface area contributed by atoms with Gasteiger partial charge in [-0.2, -0.15) is 0 Å². The van der Waals surface area contributed by atoms with Crippen LogP contribution in [0.1, 0.15) is 23.2 Å². The lowest BCUT2D eigenvalue weighted by Crippen LogP contribution is -2.26. The lowest BCUT2D eigenvalue weighted by atomic mass is 10.2. The number of pyridine rings is 1. The molecule has 0 spiro atoms. The fraction of sp³-hybridized carbons (Fsp3) is 0.333. The first-order chi connectivity index (χ1) is 6.27. The predicted octanol–water partition coefficient (Wildman–Crippen LogP) is 1.11. The Morgan fingerprint density at radius 3 is 3.00 bits per heavy atom. The number of hydrogen-bond donors (Lipinski definition) is 1. The topological polar surface area (TPSA) is 42.0 Å². The second-order valence-corrected chi connectivity index (χ2v) is 3.10. The van der Waals surface area contributed by atoms with Gasteiger partial charge < -0.3 is 5.32 Å². The summed E-state index contributed by atoms with van der Waals surface area (Å²) in [5.74, 6) is -0.914. The summed E-state index contributed by atoms with van der Waals surface area (Å²) in [7, 11) is 0. The Bertz CT molecular complexity index is 336. The van der Waals surface area contributed by atoms with Crippen molar-refractivity contribution in [2.45, 2.75) is 18.9 Å². The van der Waals surface area contributed by atoms with Crippen LogP contribution in [0.15, 0.2) is 18.5 Å². The summed E-state index contributed by atoms with van der Waals surface area (Å²) in [6.45, 7) is 0. The normalized spacial score (nSPS) is 15.5. The summed E-state index contributed by atoms with van der Waals surface area (Å²) in [5.41, 5.74) is 0.0712. The van der Waals surface area contributed by atoms with E-state index in [2.05, 4.69) is 10.3 Å². The smallest absolute Gasteiger partial charge is 0.254 e. The summed E-state index contributed by atoms with van der Waals surface area (Å²) in [5, 5.41) is 2.70. The molecule has 4 heteroatoms. The highest BCUT2D eigenvalue weighted by Crippen LogP contribution is 2.19. The van der Waals surface area contributed by atoms with Crippen LogP contribution in [0.3, 0.4) is 0 Å². The molecule has 1 aliphatic carbocycles. The molecule has 1 saturated carbocycles. The van der Waals surface area contributed by atoms with Crippen molar-refractivity contribution in [3.63, 3.8) is 0 Å². The van der Waals surface area contributed by atoms with E-state index >= 15 is 0 Å². The Hall–Kier alpha value is -1.45. The number of halogens is 1. The van der Waals surface area contributed by atoms with Crippen LogP contribution >= 0.6 is 0 Å². The van der Waals surface area contributed by atoms with Gasteiger partial charge in [0.2, 0.25) is 0 Å². The molecular weight excluding hydrogens is 171 g/mol. The maximum Gasteiger partial charge on any atom is 0.254 e. The second kappa shape index (κ2) is 3.12. The van der Waals surface area contributed by atoms with Gasteiger partial charge in [-0.15, -0.1) is 0 Å². The highest BCUT2D eigenvalue weighted by atomic mass is 19.1. The number of amides is 1. The van der Waals surface area contributed by atoms with Crippen LogP contribution in [0, 0.1) is 5.82 Å². The molecule has 1 aromatic rings. The molecule has 0 bridgehead atoms. The molecule has 1 N–H and O–H groups in total. The lowest BCUT2D eigenvalue weighted by molar-refractivity contribution is 0.0947. The molecule has 13 heavy (non-hydrogen) atoms. The first kappa shape index (κ1) is 8.16. The molecule has 0 saturated heterocycles. The summed E-state index contributed by atoms with van der Waals surface area (Å²) in [4.78, 5) is 14.9. The van der Waals surface area contributed by atoms with E-state index in [1.807, 2.05) is 0 Å². The maximum absolute atomic E-state index is 13.0. The van der Waals surface area contributed by atoms with E-state index in [0.717, 1.165) is 19.0 Å². The Kier molecular flexibility index (Phi) is 1.96. The van der Waals surface area contributed by atoms with Gasteiger partial charge >= 0.3 is 0 Å². The average molecular weight is 180 g/mol. The second-order valence-electron chi connectivity index (χ2n) is 3.10. The Morgan fingerprint density at radius 2 is 2.38 bits per heavy atom. The van der Waals surface area contributed by atoms with E-state index in [-0.39, 0.29) is 17.5 Å². The van der Waals surface area contributed by atoms with Gasteiger partial charge in [0, 0.05) is 12.2 Å². The number of nitrogens with one attached hydrogen (secondary N) is 1. The number of hydrogen-bond acceptors (Lipinski definition) is 2. The van der Waals surface area contributed by atoms with Gasteiger partial charge in [0.25, 0.3) is 5.91 Å². The van der Waals surface area contributed by atoms with Crippen molar-refractivity contribution in [3.8, 4) is 0 Å². The van der Waals surface area contributed by atoms with Gasteiger partial charge in [0.1, 0.15) is 0 Å². The largest absolute Gasteiger partial charge is 0.349 e. The fourth-order valence-electron chi connectivity index (χ4n) is 1.05. The van der Waals surface area contributed by atoms with Crippen molar-refractivity contribution in [1.29, 1.82) is 0 Å². The molecular formula is C9H9FN2O. The third-order valence-corrected chi connectivity index (χ3v) is 1.93. The van der Waals surface area contributed by atoms with Gasteiger partial charge in [-0.05, 0) is 18.9 Å². The monoisotopic (exact) mass is 180 g/mol. The highest BCUT2D eigenvalue weighted by Gasteiger charge is 2.24. The van der Waals surface area contributed by atoms with Crippen LogP contribution in [0.5, 0.6) is 0 Å². The number of nitrogens with zero attached hydrogens (tertiary/aromatic N) is 1. The number of carbonyl (C=O) groups excluding carboxylic acids is 1. The minimum absolute atomic E-state index is 0.0712. The van der Waals surface area contributed by atoms with Crippen molar-refractivity contribution >= 4 is 5.91 Å². The van der Waals surface area contributed by atoms with E-state index in [1.54, 1.807) is 0 Å². The average Bonchev–Trinajstić information content (AvgIpc) is 2.89. The molecule has 1 heterocycles. The SMILES string of the molecule is O=C(NC1CC1)c1ccncc1F. The van der Waals surface area contributed by atoms with Gasteiger partial charge in [-0.1, -0.05) is 0 Å². The Morgan fingerprint density at radius 1 is 1.62 bits per heavy atom. The van der Waals surface area contributed by atoms with E-state index in [9.17, 15) is 9.18 Å². The van der Waals surface area contributed by atoms with Crippen molar-refractivity contribution in [1.82, 2.24) is 10.3 Å². The van der Waals surface area contributed by atoms with Crippen LogP contribution in [0.4, 0.5) is 4.39 Å². The van der Waals surface area contributed by atoms with Crippen molar-refractivity contribution in [2.24, 2.45) is 0 Å². The van der Waals surface area contributed by atoms with Gasteiger partial charge in [0.05, 0.1) is 11.8 Å². The molecule has 0 radical (unpaired) electrons. The molecule has 1 amide bonds. The minimum atomic E-state index is -0.569. The standard InChI is InChI=1S/C9H9FN2O/c10-8-5-11-4-3-7(8)9(13)12-6-1-2-6/h3-6H,1-2H2,(H,12,13). The summed E-state index contributed by atoms with van der Waals surface area (Å²) in [6, 6.07) is 1.63. The summed E-state index contributed by atoms with van der Waals surface area (Å²) < 4.78 is 13.0. The maximum atomic E-state index is 13.0. The van der Waals surface area contributed by atoms with Crippen LogP contribution in [0.25, 0.3) is 0 Å². The molecule has 3 nitrogen and oxygen atoms in total. The highest BCUT2D eigenvalue weighted by molar-refractivity contribution is 5.94. The number of carbonyl (C=O) groups is 1. The lowest BCUT2D eigenvalue weighted by Gasteiger charge is -2.02. The van der Waals surface area contributed by atoms with E-state index in [4.69, 9.17) is 0 Å². The van der Waals surface area contributed by atoms with Crippen molar-refractivity contribution in [3.05, 3.63) is 29.8 Å². The van der Waals surface area contributed by atoms with Gasteiger partial charge in [-0.3, -0.25) is 9.78 Å². The third-order valence-electron chi connectivity index (χ3n) is 1.93. The zero-order valence-electron chi connectivity index (χ0n) is 6.96. The molecule has 0 aromatic carbocycles. The predicted molar refractivity (Wildman–Crippen MR) is 44.7 cm³/mol. The van der Waals surface area contributed by atoms with E-state index < -0.39 is 5.82 Å². The minimum Gasteiger partial charge on any atom is -0.349 e. The zero-order valence-corrected chi connectivity index (χ0v) is 6.96. The molecule has 1 aliphatic rings. The Balaban J connectivity index is 2.13. The summed E-state index contributed by atoms with van der Waals surface area (Å²) >= 11 is 0. The first-order valence-corrected chi connectivity index (χ1v) is 4.18. The zero-order chi connectivity index (χ0) is 9.26. The number of aromatic nitrogens is 1. The molecule has 2 rings (SSSR count). The van der Waals surface area contributed by atoms with E-state index in [0.29, 0.717) is 0 Å². The molecule has 0 aliphatic heterocycles. The summed E-state index contributed by atoms with van der Waals surface area (Å²) in [6.07, 6.45) is 4.45. The van der Waals surface area contributed by atoms with Crippen LogP contribution in [-0.4, -0.2) is 16.9 Å². The molecule has 1 fully saturated rings. The van der Waals surface area contributed by atoms with Crippen LogP contribution in [-0.2, 0) is 0 Å². The van der Waals surface area contributed by atoms with Crippen LogP contribution < -0.4 is 5.32 Å². The van der Waals surface area contributed by atoms with Gasteiger partial charge in [-0.25, -0.2) is 4.39 Å². The van der Waals surface area contributed by atoms with Crippen molar-refractivity contribution < 1.29 is 9.18 Å². The van der Waals surface area contributed by atoms with Crippen LogP contribution in [0.2, 0.25) is 0 Å². The molecule has 0 atom stereocenters. The fourth-order valence-corrected chi connectivity index (χ4v) is 1.05.